The molecule has 1 N–H and O–H groups in total. The zero-order valence-corrected chi connectivity index (χ0v) is 13.4. The van der Waals surface area contributed by atoms with Gasteiger partial charge in [0.15, 0.2) is 0 Å². The number of ketones is 1. The zero-order chi connectivity index (χ0) is 14.8. The van der Waals surface area contributed by atoms with Gasteiger partial charge in [0, 0.05) is 11.8 Å². The van der Waals surface area contributed by atoms with Crippen LogP contribution in [0.15, 0.2) is 11.6 Å². The van der Waals surface area contributed by atoms with E-state index in [1.54, 1.807) is 0 Å². The van der Waals surface area contributed by atoms with Crippen molar-refractivity contribution < 1.29 is 9.90 Å². The van der Waals surface area contributed by atoms with Crippen LogP contribution in [0.25, 0.3) is 0 Å². The number of hydrogen-bond donors (Lipinski definition) is 1. The van der Waals surface area contributed by atoms with Gasteiger partial charge in [0.25, 0.3) is 0 Å². The van der Waals surface area contributed by atoms with E-state index in [1.807, 2.05) is 0 Å². The van der Waals surface area contributed by atoms with Crippen molar-refractivity contribution in [3.63, 3.8) is 0 Å². The molecule has 0 aromatic heterocycles. The summed E-state index contributed by atoms with van der Waals surface area (Å²) in [5, 5.41) is 9.96. The molecule has 2 unspecified atom stereocenters. The van der Waals surface area contributed by atoms with Crippen molar-refractivity contribution in [2.24, 2.45) is 28.6 Å². The van der Waals surface area contributed by atoms with E-state index < -0.39 is 0 Å². The first kappa shape index (κ1) is 14.0. The predicted molar refractivity (Wildman–Crippen MR) is 82.7 cm³/mol. The molecule has 4 rings (SSSR count). The van der Waals surface area contributed by atoms with Crippen LogP contribution in [-0.4, -0.2) is 17.0 Å². The van der Waals surface area contributed by atoms with Crippen molar-refractivity contribution in [3.05, 3.63) is 11.6 Å². The first-order valence-electron chi connectivity index (χ1n) is 8.88. The van der Waals surface area contributed by atoms with Crippen LogP contribution in [-0.2, 0) is 4.79 Å². The van der Waals surface area contributed by atoms with Crippen molar-refractivity contribution >= 4 is 5.78 Å². The summed E-state index contributed by atoms with van der Waals surface area (Å²) in [7, 11) is 0. The Hall–Kier alpha value is -0.630. The molecule has 6 atom stereocenters. The molecule has 4 aliphatic carbocycles. The van der Waals surface area contributed by atoms with Gasteiger partial charge >= 0.3 is 0 Å². The molecule has 116 valence electrons. The second-order valence-electron chi connectivity index (χ2n) is 8.55. The molecule has 3 saturated carbocycles. The fourth-order valence-corrected chi connectivity index (χ4v) is 6.48. The standard InChI is InChI=1S/C19H28O2/c1-18-9-7-13(20)11-12(18)3-4-14-15-5-6-17(21)19(15,2)10-8-16(14)18/h11,13-16,20H,3-10H2,1-2H3/t13-,14+,15?,16?,18+,19+/m1/s1. The highest BCUT2D eigenvalue weighted by Crippen LogP contribution is 2.64. The van der Waals surface area contributed by atoms with Gasteiger partial charge in [0.1, 0.15) is 5.78 Å². The highest BCUT2D eigenvalue weighted by atomic mass is 16.3. The molecular formula is C19H28O2. The molecule has 0 amide bonds. The Morgan fingerprint density at radius 3 is 2.52 bits per heavy atom. The fourth-order valence-electron chi connectivity index (χ4n) is 6.48. The quantitative estimate of drug-likeness (QED) is 0.687. The Morgan fingerprint density at radius 2 is 1.71 bits per heavy atom. The monoisotopic (exact) mass is 288 g/mol. The van der Waals surface area contributed by atoms with Gasteiger partial charge in [-0.3, -0.25) is 4.79 Å². The predicted octanol–water partition coefficient (Wildman–Crippen LogP) is 3.88. The Bertz CT molecular complexity index is 508. The summed E-state index contributed by atoms with van der Waals surface area (Å²) in [6, 6.07) is 0. The lowest BCUT2D eigenvalue weighted by Crippen LogP contribution is -2.50. The number of Topliss-reactive ketones (excluding diaryl/α,β-unsaturated/α-hetero) is 1. The Morgan fingerprint density at radius 1 is 1.00 bits per heavy atom. The number of fused-ring (bicyclic) bond motifs is 5. The molecule has 3 fully saturated rings. The second-order valence-corrected chi connectivity index (χ2v) is 8.55. The maximum atomic E-state index is 12.4. The van der Waals surface area contributed by atoms with Crippen LogP contribution < -0.4 is 0 Å². The van der Waals surface area contributed by atoms with Gasteiger partial charge in [-0.1, -0.05) is 25.5 Å². The van der Waals surface area contributed by atoms with Gasteiger partial charge in [-0.25, -0.2) is 0 Å². The summed E-state index contributed by atoms with van der Waals surface area (Å²) in [5.74, 6) is 2.66. The molecule has 21 heavy (non-hydrogen) atoms. The van der Waals surface area contributed by atoms with Crippen molar-refractivity contribution in [1.82, 2.24) is 0 Å². The minimum atomic E-state index is -0.216. The highest BCUT2D eigenvalue weighted by molar-refractivity contribution is 5.87. The number of carbonyl (C=O) groups is 1. The average molecular weight is 288 g/mol. The molecule has 2 heteroatoms. The van der Waals surface area contributed by atoms with Crippen LogP contribution in [0.2, 0.25) is 0 Å². The first-order chi connectivity index (χ1) is 9.95. The maximum absolute atomic E-state index is 12.4. The number of carbonyl (C=O) groups excluding carboxylic acids is 1. The molecular weight excluding hydrogens is 260 g/mol. The summed E-state index contributed by atoms with van der Waals surface area (Å²) < 4.78 is 0. The Balaban J connectivity index is 1.69. The van der Waals surface area contributed by atoms with Crippen LogP contribution in [0.5, 0.6) is 0 Å². The molecule has 0 aromatic rings. The fraction of sp³-hybridized carbons (Fsp3) is 0.842. The first-order valence-corrected chi connectivity index (χ1v) is 8.88. The van der Waals surface area contributed by atoms with E-state index in [0.29, 0.717) is 17.1 Å². The topological polar surface area (TPSA) is 37.3 Å². The highest BCUT2D eigenvalue weighted by Gasteiger charge is 2.58. The minimum Gasteiger partial charge on any atom is -0.389 e. The lowest BCUT2D eigenvalue weighted by atomic mass is 9.47. The Labute approximate surface area is 128 Å². The van der Waals surface area contributed by atoms with E-state index in [-0.39, 0.29) is 11.5 Å². The number of aliphatic hydroxyl groups excluding tert-OH is 1. The van der Waals surface area contributed by atoms with E-state index in [4.69, 9.17) is 0 Å². The third kappa shape index (κ3) is 1.78. The lowest BCUT2D eigenvalue weighted by molar-refractivity contribution is -0.132. The normalized spacial score (nSPS) is 52.7. The van der Waals surface area contributed by atoms with Gasteiger partial charge < -0.3 is 5.11 Å². The van der Waals surface area contributed by atoms with E-state index in [1.165, 1.54) is 18.4 Å². The third-order valence-corrected chi connectivity index (χ3v) is 7.80. The van der Waals surface area contributed by atoms with E-state index in [0.717, 1.165) is 50.4 Å². The summed E-state index contributed by atoms with van der Waals surface area (Å²) in [6.45, 7) is 4.70. The summed E-state index contributed by atoms with van der Waals surface area (Å²) in [5.41, 5.74) is 1.82. The number of hydrogen-bond acceptors (Lipinski definition) is 2. The van der Waals surface area contributed by atoms with Crippen molar-refractivity contribution in [1.29, 1.82) is 0 Å². The molecule has 0 bridgehead atoms. The Kier molecular flexibility index (Phi) is 2.96. The summed E-state index contributed by atoms with van der Waals surface area (Å²) in [6.07, 6.45) is 10.7. The average Bonchev–Trinajstić information content (AvgIpc) is 2.76. The lowest BCUT2D eigenvalue weighted by Gasteiger charge is -2.57. The molecule has 0 aliphatic heterocycles. The largest absolute Gasteiger partial charge is 0.389 e. The van der Waals surface area contributed by atoms with Gasteiger partial charge in [0.2, 0.25) is 0 Å². The molecule has 0 saturated heterocycles. The van der Waals surface area contributed by atoms with Crippen LogP contribution in [0.3, 0.4) is 0 Å². The van der Waals surface area contributed by atoms with E-state index in [2.05, 4.69) is 19.9 Å². The van der Waals surface area contributed by atoms with E-state index in [9.17, 15) is 9.90 Å². The minimum absolute atomic E-state index is 0.00702. The van der Waals surface area contributed by atoms with Gasteiger partial charge in [-0.05, 0) is 68.1 Å². The molecule has 2 nitrogen and oxygen atoms in total. The zero-order valence-electron chi connectivity index (χ0n) is 13.4. The van der Waals surface area contributed by atoms with Crippen LogP contribution in [0, 0.1) is 28.6 Å². The van der Waals surface area contributed by atoms with Crippen LogP contribution in [0.1, 0.15) is 65.2 Å². The number of allylic oxidation sites excluding steroid dienone is 1. The van der Waals surface area contributed by atoms with E-state index >= 15 is 0 Å². The number of rotatable bonds is 0. The molecule has 0 heterocycles. The molecule has 4 aliphatic rings. The summed E-state index contributed by atoms with van der Waals surface area (Å²) >= 11 is 0. The van der Waals surface area contributed by atoms with Crippen LogP contribution >= 0.6 is 0 Å². The van der Waals surface area contributed by atoms with Crippen molar-refractivity contribution in [3.8, 4) is 0 Å². The second kappa shape index (κ2) is 4.44. The molecule has 0 radical (unpaired) electrons. The smallest absolute Gasteiger partial charge is 0.139 e. The van der Waals surface area contributed by atoms with Gasteiger partial charge in [-0.2, -0.15) is 0 Å². The summed E-state index contributed by atoms with van der Waals surface area (Å²) in [4.78, 5) is 12.4. The third-order valence-electron chi connectivity index (χ3n) is 7.80. The maximum Gasteiger partial charge on any atom is 0.139 e. The van der Waals surface area contributed by atoms with Gasteiger partial charge in [0.05, 0.1) is 6.10 Å². The van der Waals surface area contributed by atoms with Crippen LogP contribution in [0.4, 0.5) is 0 Å². The van der Waals surface area contributed by atoms with Crippen molar-refractivity contribution in [2.75, 3.05) is 0 Å². The molecule has 0 aromatic carbocycles. The molecule has 0 spiro atoms. The van der Waals surface area contributed by atoms with Crippen molar-refractivity contribution in [2.45, 2.75) is 71.3 Å². The SMILES string of the molecule is C[C@]12CC[C@@H](O)C=C1CC[C@@H]1C2CC[C@]2(C)C(=O)CCC12. The van der Waals surface area contributed by atoms with Gasteiger partial charge in [-0.15, -0.1) is 0 Å². The number of aliphatic hydroxyl groups is 1.